The van der Waals surface area contributed by atoms with E-state index in [0.717, 1.165) is 16.8 Å². The summed E-state index contributed by atoms with van der Waals surface area (Å²) in [6.45, 7) is 1.97. The number of nitrogens with zero attached hydrogens (tertiary/aromatic N) is 6. The van der Waals surface area contributed by atoms with Crippen molar-refractivity contribution < 1.29 is 35.9 Å². The first-order chi connectivity index (χ1) is 18.4. The van der Waals surface area contributed by atoms with Gasteiger partial charge < -0.3 is 10.1 Å². The number of ether oxygens (including phenoxy) is 1. The fourth-order valence-corrected chi connectivity index (χ4v) is 4.38. The first-order valence-electron chi connectivity index (χ1n) is 11.9. The lowest BCUT2D eigenvalue weighted by Gasteiger charge is -2.24. The molecular weight excluding hydrogens is 532 g/mol. The number of amides is 1. The number of aryl methyl sites for hydroxylation is 2. The van der Waals surface area contributed by atoms with Crippen LogP contribution in [0.15, 0.2) is 36.7 Å². The van der Waals surface area contributed by atoms with E-state index in [-0.39, 0.29) is 43.2 Å². The van der Waals surface area contributed by atoms with Gasteiger partial charge in [-0.15, -0.1) is 13.2 Å². The first-order valence-corrected chi connectivity index (χ1v) is 11.9. The molecule has 39 heavy (non-hydrogen) atoms. The second kappa shape index (κ2) is 9.85. The third-order valence-electron chi connectivity index (χ3n) is 6.31. The third kappa shape index (κ3) is 5.66. The number of benzene rings is 1. The van der Waals surface area contributed by atoms with Gasteiger partial charge in [0.2, 0.25) is 5.78 Å². The van der Waals surface area contributed by atoms with Crippen LogP contribution in [0.4, 0.5) is 26.3 Å². The SMILES string of the molecule is CCc1nc2ncc(OC(F)(F)F)cn2c1C(=O)NCc1ccc(-c2nc3n(n2)CCC(C(F)(F)F)C3)cc1. The summed E-state index contributed by atoms with van der Waals surface area (Å²) >= 11 is 0. The topological polar surface area (TPSA) is 99.2 Å². The van der Waals surface area contributed by atoms with Gasteiger partial charge in [-0.05, 0) is 18.4 Å². The number of carbonyl (C=O) groups is 1. The molecule has 5 rings (SSSR count). The zero-order chi connectivity index (χ0) is 27.9. The number of imidazole rings is 1. The van der Waals surface area contributed by atoms with Crippen molar-refractivity contribution in [3.63, 3.8) is 0 Å². The molecule has 15 heteroatoms. The molecule has 0 fully saturated rings. The quantitative estimate of drug-likeness (QED) is 0.353. The summed E-state index contributed by atoms with van der Waals surface area (Å²) in [5.74, 6) is -1.96. The number of aromatic nitrogens is 6. The molecule has 4 aromatic rings. The zero-order valence-electron chi connectivity index (χ0n) is 20.3. The molecule has 1 aliphatic rings. The van der Waals surface area contributed by atoms with Gasteiger partial charge in [-0.2, -0.15) is 18.3 Å². The van der Waals surface area contributed by atoms with Crippen molar-refractivity contribution in [2.75, 3.05) is 0 Å². The van der Waals surface area contributed by atoms with E-state index in [1.54, 1.807) is 31.2 Å². The Morgan fingerprint density at radius 1 is 1.13 bits per heavy atom. The minimum Gasteiger partial charge on any atom is -0.403 e. The lowest BCUT2D eigenvalue weighted by Crippen LogP contribution is -2.31. The molecule has 0 saturated heterocycles. The third-order valence-corrected chi connectivity index (χ3v) is 6.31. The van der Waals surface area contributed by atoms with Crippen LogP contribution in [-0.4, -0.2) is 47.6 Å². The maximum atomic E-state index is 13.1. The Labute approximate surface area is 216 Å². The number of halogens is 6. The monoisotopic (exact) mass is 553 g/mol. The lowest BCUT2D eigenvalue weighted by molar-refractivity contribution is -0.274. The van der Waals surface area contributed by atoms with Crippen molar-refractivity contribution in [2.45, 2.75) is 51.8 Å². The predicted molar refractivity (Wildman–Crippen MR) is 124 cm³/mol. The second-order valence-corrected chi connectivity index (χ2v) is 8.95. The van der Waals surface area contributed by atoms with Crippen LogP contribution in [0.5, 0.6) is 5.75 Å². The Hall–Kier alpha value is -4.17. The maximum absolute atomic E-state index is 13.1. The summed E-state index contributed by atoms with van der Waals surface area (Å²) in [5, 5.41) is 7.05. The van der Waals surface area contributed by atoms with Crippen LogP contribution < -0.4 is 10.1 Å². The molecule has 1 amide bonds. The van der Waals surface area contributed by atoms with Crippen LogP contribution in [0.3, 0.4) is 0 Å². The number of carbonyl (C=O) groups excluding carboxylic acids is 1. The van der Waals surface area contributed by atoms with Gasteiger partial charge in [0, 0.05) is 25.1 Å². The highest BCUT2D eigenvalue weighted by molar-refractivity contribution is 5.94. The molecule has 4 heterocycles. The van der Waals surface area contributed by atoms with Gasteiger partial charge in [-0.25, -0.2) is 19.6 Å². The highest BCUT2D eigenvalue weighted by Crippen LogP contribution is 2.35. The molecule has 1 unspecified atom stereocenters. The summed E-state index contributed by atoms with van der Waals surface area (Å²) < 4.78 is 83.7. The number of fused-ring (bicyclic) bond motifs is 2. The van der Waals surface area contributed by atoms with Crippen LogP contribution in [-0.2, 0) is 25.9 Å². The Morgan fingerprint density at radius 2 is 1.87 bits per heavy atom. The van der Waals surface area contributed by atoms with E-state index in [0.29, 0.717) is 29.1 Å². The van der Waals surface area contributed by atoms with Crippen molar-refractivity contribution in [2.24, 2.45) is 5.92 Å². The van der Waals surface area contributed by atoms with Crippen LogP contribution >= 0.6 is 0 Å². The van der Waals surface area contributed by atoms with E-state index in [4.69, 9.17) is 0 Å². The molecule has 3 aromatic heterocycles. The minimum absolute atomic E-state index is 0.0363. The van der Waals surface area contributed by atoms with Gasteiger partial charge in [0.05, 0.1) is 24.0 Å². The standard InChI is InChI=1S/C24H21F6N7O2/c1-2-17-19(36-12-16(39-24(28,29)30)11-32-22(36)33-17)21(38)31-10-13-3-5-14(6-4-13)20-34-18-9-15(23(25,26)27)7-8-37(18)35-20/h3-6,11-12,15H,2,7-10H2,1H3,(H,31,38). The highest BCUT2D eigenvalue weighted by Gasteiger charge is 2.42. The smallest absolute Gasteiger partial charge is 0.403 e. The normalized spacial score (nSPS) is 15.8. The largest absolute Gasteiger partial charge is 0.573 e. The molecule has 0 bridgehead atoms. The van der Waals surface area contributed by atoms with E-state index in [9.17, 15) is 31.1 Å². The summed E-state index contributed by atoms with van der Waals surface area (Å²) in [6.07, 6.45) is -7.25. The van der Waals surface area contributed by atoms with Gasteiger partial charge in [0.15, 0.2) is 11.6 Å². The fraction of sp³-hybridized carbons (Fsp3) is 0.375. The van der Waals surface area contributed by atoms with Gasteiger partial charge in [-0.1, -0.05) is 31.2 Å². The van der Waals surface area contributed by atoms with Crippen LogP contribution in [0, 0.1) is 5.92 Å². The number of hydrogen-bond acceptors (Lipinski definition) is 6. The van der Waals surface area contributed by atoms with Crippen molar-refractivity contribution in [3.05, 3.63) is 59.4 Å². The molecule has 0 saturated carbocycles. The molecule has 0 aliphatic carbocycles. The Bertz CT molecular complexity index is 1510. The molecule has 1 atom stereocenters. The van der Waals surface area contributed by atoms with E-state index in [1.807, 2.05) is 0 Å². The average molecular weight is 553 g/mol. The summed E-state index contributed by atoms with van der Waals surface area (Å²) in [5.41, 5.74) is 1.68. The van der Waals surface area contributed by atoms with E-state index in [1.165, 1.54) is 4.68 Å². The van der Waals surface area contributed by atoms with E-state index < -0.39 is 30.1 Å². The van der Waals surface area contributed by atoms with Gasteiger partial charge >= 0.3 is 12.5 Å². The van der Waals surface area contributed by atoms with Gasteiger partial charge in [0.1, 0.15) is 11.5 Å². The molecule has 0 radical (unpaired) electrons. The fourth-order valence-electron chi connectivity index (χ4n) is 4.38. The average Bonchev–Trinajstić information content (AvgIpc) is 3.46. The number of rotatable bonds is 6. The molecule has 206 valence electrons. The van der Waals surface area contributed by atoms with Crippen LogP contribution in [0.1, 0.15) is 40.9 Å². The first kappa shape index (κ1) is 26.4. The van der Waals surface area contributed by atoms with E-state index >= 15 is 0 Å². The van der Waals surface area contributed by atoms with Gasteiger partial charge in [0.25, 0.3) is 5.91 Å². The highest BCUT2D eigenvalue weighted by atomic mass is 19.4. The van der Waals surface area contributed by atoms with Crippen molar-refractivity contribution in [1.82, 2.24) is 34.4 Å². The number of hydrogen-bond donors (Lipinski definition) is 1. The molecule has 9 nitrogen and oxygen atoms in total. The minimum atomic E-state index is -4.92. The summed E-state index contributed by atoms with van der Waals surface area (Å²) in [7, 11) is 0. The number of nitrogens with one attached hydrogen (secondary N) is 1. The Morgan fingerprint density at radius 3 is 2.54 bits per heavy atom. The predicted octanol–water partition coefficient (Wildman–Crippen LogP) is 4.50. The summed E-state index contributed by atoms with van der Waals surface area (Å²) in [6, 6.07) is 6.81. The molecular formula is C24H21F6N7O2. The van der Waals surface area contributed by atoms with Crippen molar-refractivity contribution in [3.8, 4) is 17.1 Å². The van der Waals surface area contributed by atoms with E-state index in [2.05, 4.69) is 30.1 Å². The molecule has 0 spiro atoms. The summed E-state index contributed by atoms with van der Waals surface area (Å²) in [4.78, 5) is 25.4. The number of alkyl halides is 6. The maximum Gasteiger partial charge on any atom is 0.573 e. The molecule has 1 aliphatic heterocycles. The zero-order valence-corrected chi connectivity index (χ0v) is 20.3. The lowest BCUT2D eigenvalue weighted by atomic mass is 9.98. The Balaban J connectivity index is 1.29. The van der Waals surface area contributed by atoms with Crippen molar-refractivity contribution in [1.29, 1.82) is 0 Å². The van der Waals surface area contributed by atoms with Crippen LogP contribution in [0.2, 0.25) is 0 Å². The van der Waals surface area contributed by atoms with Crippen LogP contribution in [0.25, 0.3) is 17.2 Å². The van der Waals surface area contributed by atoms with Gasteiger partial charge in [-0.3, -0.25) is 9.20 Å². The second-order valence-electron chi connectivity index (χ2n) is 8.95. The molecule has 1 N–H and O–H groups in total. The molecule has 1 aromatic carbocycles. The van der Waals surface area contributed by atoms with Crippen molar-refractivity contribution >= 4 is 11.7 Å². The Kier molecular flexibility index (Phi) is 6.68.